The molecule has 0 fully saturated rings. The van der Waals surface area contributed by atoms with E-state index >= 15 is 0 Å². The molecule has 106 valence electrons. The van der Waals surface area contributed by atoms with Gasteiger partial charge in [-0.1, -0.05) is 23.7 Å². The number of carbonyl (C=O) groups excluding carboxylic acids is 1. The number of aromatic nitrogens is 2. The van der Waals surface area contributed by atoms with E-state index in [4.69, 9.17) is 11.6 Å². The fourth-order valence-corrected chi connectivity index (χ4v) is 2.24. The first-order valence-corrected chi connectivity index (χ1v) is 6.67. The number of nitrogens with zero attached hydrogens (tertiary/aromatic N) is 2. The van der Waals surface area contributed by atoms with Gasteiger partial charge in [0.25, 0.3) is 5.91 Å². The Labute approximate surface area is 125 Å². The van der Waals surface area contributed by atoms with Gasteiger partial charge in [-0.15, -0.1) is 0 Å². The molecule has 0 aliphatic rings. The molecule has 6 heteroatoms. The van der Waals surface area contributed by atoms with Gasteiger partial charge < -0.3 is 9.72 Å². The van der Waals surface area contributed by atoms with Crippen LogP contribution in [0.4, 0.5) is 4.39 Å². The van der Waals surface area contributed by atoms with Crippen LogP contribution in [0.1, 0.15) is 16.1 Å². The Bertz CT molecular complexity index is 816. The summed E-state index contributed by atoms with van der Waals surface area (Å²) in [6.07, 6.45) is 3.01. The second-order valence-electron chi connectivity index (χ2n) is 4.51. The van der Waals surface area contributed by atoms with Crippen molar-refractivity contribution in [1.82, 2.24) is 14.7 Å². The van der Waals surface area contributed by atoms with Gasteiger partial charge in [0.15, 0.2) is 0 Å². The zero-order chi connectivity index (χ0) is 14.8. The summed E-state index contributed by atoms with van der Waals surface area (Å²) in [7, 11) is 0. The third-order valence-corrected chi connectivity index (χ3v) is 3.34. The summed E-state index contributed by atoms with van der Waals surface area (Å²) >= 11 is 5.96. The zero-order valence-corrected chi connectivity index (χ0v) is 11.6. The predicted octanol–water partition coefficient (Wildman–Crippen LogP) is 3.06. The number of fused-ring (bicyclic) bond motifs is 1. The van der Waals surface area contributed by atoms with Crippen LogP contribution in [0.5, 0.6) is 0 Å². The highest BCUT2D eigenvalue weighted by Gasteiger charge is 2.10. The van der Waals surface area contributed by atoms with E-state index in [0.717, 1.165) is 0 Å². The van der Waals surface area contributed by atoms with Crippen LogP contribution in [0.2, 0.25) is 5.02 Å². The monoisotopic (exact) mass is 303 g/mol. The molecular weight excluding hydrogens is 293 g/mol. The average molecular weight is 304 g/mol. The summed E-state index contributed by atoms with van der Waals surface area (Å²) < 4.78 is 14.7. The molecule has 1 aromatic carbocycles. The minimum Gasteiger partial charge on any atom is -0.346 e. The first-order chi connectivity index (χ1) is 10.1. The minimum absolute atomic E-state index is 0.243. The molecular formula is C15H11ClFN3O. The smallest absolute Gasteiger partial charge is 0.253 e. The maximum absolute atomic E-state index is 13.1. The highest BCUT2D eigenvalue weighted by molar-refractivity contribution is 6.33. The largest absolute Gasteiger partial charge is 0.346 e. The van der Waals surface area contributed by atoms with Gasteiger partial charge in [-0.2, -0.15) is 0 Å². The topological polar surface area (TPSA) is 46.4 Å². The second kappa shape index (κ2) is 5.54. The number of imidazole rings is 1. The molecule has 0 bridgehead atoms. The lowest BCUT2D eigenvalue weighted by molar-refractivity contribution is 0.0950. The van der Waals surface area contributed by atoms with Gasteiger partial charge in [0.2, 0.25) is 0 Å². The number of halogens is 2. The van der Waals surface area contributed by atoms with Crippen molar-refractivity contribution in [3.05, 3.63) is 70.9 Å². The second-order valence-corrected chi connectivity index (χ2v) is 4.91. The van der Waals surface area contributed by atoms with Crippen LogP contribution in [-0.2, 0) is 6.54 Å². The molecule has 0 spiro atoms. The van der Waals surface area contributed by atoms with Gasteiger partial charge >= 0.3 is 0 Å². The van der Waals surface area contributed by atoms with Crippen molar-refractivity contribution in [3.8, 4) is 0 Å². The van der Waals surface area contributed by atoms with Crippen molar-refractivity contribution >= 4 is 23.2 Å². The number of pyridine rings is 1. The fourth-order valence-electron chi connectivity index (χ4n) is 2.01. The zero-order valence-electron chi connectivity index (χ0n) is 10.9. The van der Waals surface area contributed by atoms with E-state index in [9.17, 15) is 9.18 Å². The maximum atomic E-state index is 13.1. The van der Waals surface area contributed by atoms with Crippen molar-refractivity contribution in [2.75, 3.05) is 0 Å². The minimum atomic E-state index is -0.341. The summed E-state index contributed by atoms with van der Waals surface area (Å²) in [4.78, 5) is 16.3. The molecule has 21 heavy (non-hydrogen) atoms. The van der Waals surface area contributed by atoms with Gasteiger partial charge in [0, 0.05) is 12.4 Å². The van der Waals surface area contributed by atoms with E-state index in [1.807, 2.05) is 0 Å². The quantitative estimate of drug-likeness (QED) is 0.808. The third-order valence-electron chi connectivity index (χ3n) is 3.01. The lowest BCUT2D eigenvalue weighted by atomic mass is 10.2. The molecule has 0 radical (unpaired) electrons. The standard InChI is InChI=1S/C15H11ClFN3O/c16-13-4-2-1-3-12(13)15(21)18-7-11-9-20-8-10(17)5-6-14(20)19-11/h1-6,8-9H,7H2,(H,18,21). The van der Waals surface area contributed by atoms with E-state index in [2.05, 4.69) is 10.3 Å². The number of rotatable bonds is 3. The van der Waals surface area contributed by atoms with Crippen molar-refractivity contribution in [1.29, 1.82) is 0 Å². The molecule has 1 N–H and O–H groups in total. The summed E-state index contributed by atoms with van der Waals surface area (Å²) in [6.45, 7) is 0.243. The molecule has 0 unspecified atom stereocenters. The molecule has 3 aromatic rings. The summed E-state index contributed by atoms with van der Waals surface area (Å²) in [6, 6.07) is 9.73. The van der Waals surface area contributed by atoms with Gasteiger partial charge in [0.1, 0.15) is 11.5 Å². The average Bonchev–Trinajstić information content (AvgIpc) is 2.87. The number of benzene rings is 1. The number of amides is 1. The summed E-state index contributed by atoms with van der Waals surface area (Å²) in [5.41, 5.74) is 1.67. The summed E-state index contributed by atoms with van der Waals surface area (Å²) in [5.74, 6) is -0.615. The van der Waals surface area contributed by atoms with Gasteiger partial charge in [-0.3, -0.25) is 4.79 Å². The van der Waals surface area contributed by atoms with Gasteiger partial charge in [-0.25, -0.2) is 9.37 Å². The number of carbonyl (C=O) groups is 1. The Morgan fingerprint density at radius 1 is 1.24 bits per heavy atom. The molecule has 0 atom stereocenters. The lowest BCUT2D eigenvalue weighted by Crippen LogP contribution is -2.23. The Balaban J connectivity index is 1.74. The SMILES string of the molecule is O=C(NCc1cn2cc(F)ccc2n1)c1ccccc1Cl. The third kappa shape index (κ3) is 2.87. The molecule has 3 rings (SSSR count). The van der Waals surface area contributed by atoms with Crippen LogP contribution in [0.15, 0.2) is 48.8 Å². The molecule has 2 heterocycles. The molecule has 1 amide bonds. The van der Waals surface area contributed by atoms with Crippen molar-refractivity contribution in [2.45, 2.75) is 6.54 Å². The van der Waals surface area contributed by atoms with Crippen molar-refractivity contribution in [3.63, 3.8) is 0 Å². The highest BCUT2D eigenvalue weighted by atomic mass is 35.5. The van der Waals surface area contributed by atoms with E-state index in [0.29, 0.717) is 21.9 Å². The Morgan fingerprint density at radius 3 is 2.86 bits per heavy atom. The van der Waals surface area contributed by atoms with Crippen LogP contribution in [0.3, 0.4) is 0 Å². The van der Waals surface area contributed by atoms with E-state index in [1.54, 1.807) is 40.9 Å². The van der Waals surface area contributed by atoms with Crippen LogP contribution in [0, 0.1) is 5.82 Å². The number of nitrogens with one attached hydrogen (secondary N) is 1. The van der Waals surface area contributed by atoms with Crippen molar-refractivity contribution < 1.29 is 9.18 Å². The predicted molar refractivity (Wildman–Crippen MR) is 77.8 cm³/mol. The molecule has 2 aromatic heterocycles. The van der Waals surface area contributed by atoms with Crippen LogP contribution < -0.4 is 5.32 Å². The summed E-state index contributed by atoms with van der Waals surface area (Å²) in [5, 5.41) is 3.13. The van der Waals surface area contributed by atoms with Crippen LogP contribution in [-0.4, -0.2) is 15.3 Å². The van der Waals surface area contributed by atoms with E-state index in [-0.39, 0.29) is 18.3 Å². The van der Waals surface area contributed by atoms with Gasteiger partial charge in [0.05, 0.1) is 22.8 Å². The maximum Gasteiger partial charge on any atom is 0.253 e. The van der Waals surface area contributed by atoms with E-state index < -0.39 is 0 Å². The Hall–Kier alpha value is -2.40. The number of hydrogen-bond donors (Lipinski definition) is 1. The number of hydrogen-bond acceptors (Lipinski definition) is 2. The lowest BCUT2D eigenvalue weighted by Gasteiger charge is -2.04. The van der Waals surface area contributed by atoms with Crippen LogP contribution in [0.25, 0.3) is 5.65 Å². The molecule has 0 saturated carbocycles. The Morgan fingerprint density at radius 2 is 2.05 bits per heavy atom. The Kier molecular flexibility index (Phi) is 3.58. The molecule has 0 aliphatic carbocycles. The molecule has 0 aliphatic heterocycles. The molecule has 0 saturated heterocycles. The fraction of sp³-hybridized carbons (Fsp3) is 0.0667. The van der Waals surface area contributed by atoms with Crippen molar-refractivity contribution in [2.24, 2.45) is 0 Å². The first-order valence-electron chi connectivity index (χ1n) is 6.29. The van der Waals surface area contributed by atoms with Gasteiger partial charge in [-0.05, 0) is 24.3 Å². The van der Waals surface area contributed by atoms with Crippen LogP contribution >= 0.6 is 11.6 Å². The van der Waals surface area contributed by atoms with E-state index in [1.165, 1.54) is 12.3 Å². The normalized spacial score (nSPS) is 10.8. The highest BCUT2D eigenvalue weighted by Crippen LogP contribution is 2.14. The molecule has 4 nitrogen and oxygen atoms in total. The first kappa shape index (κ1) is 13.6.